The van der Waals surface area contributed by atoms with Crippen LogP contribution in [0.15, 0.2) is 41.8 Å². The van der Waals surface area contributed by atoms with E-state index in [0.717, 1.165) is 11.3 Å². The van der Waals surface area contributed by atoms with Gasteiger partial charge in [-0.2, -0.15) is 4.98 Å². The van der Waals surface area contributed by atoms with Crippen LogP contribution < -0.4 is 14.8 Å². The summed E-state index contributed by atoms with van der Waals surface area (Å²) in [6, 6.07) is 10.3. The summed E-state index contributed by atoms with van der Waals surface area (Å²) in [4.78, 5) is 17.8. The van der Waals surface area contributed by atoms with Crippen molar-refractivity contribution in [3.8, 4) is 22.8 Å². The van der Waals surface area contributed by atoms with Gasteiger partial charge in [0.15, 0.2) is 0 Å². The Bertz CT molecular complexity index is 1200. The number of nitrogens with zero attached hydrogens (tertiary/aromatic N) is 3. The molecule has 2 aromatic carbocycles. The van der Waals surface area contributed by atoms with Crippen LogP contribution in [0.25, 0.3) is 16.2 Å². The first-order valence-corrected chi connectivity index (χ1v) is 9.97. The summed E-state index contributed by atoms with van der Waals surface area (Å²) in [5, 5.41) is 10.1. The predicted molar refractivity (Wildman–Crippen MR) is 114 cm³/mol. The molecule has 2 heterocycles. The van der Waals surface area contributed by atoms with Crippen molar-refractivity contribution in [2.24, 2.45) is 0 Å². The molecule has 1 amide bonds. The average molecular weight is 449 g/mol. The third-order valence-electron chi connectivity index (χ3n) is 4.17. The Labute approximate surface area is 179 Å². The fourth-order valence-electron chi connectivity index (χ4n) is 2.85. The summed E-state index contributed by atoms with van der Waals surface area (Å²) in [5.74, 6) is 0.470. The number of fused-ring (bicyclic) bond motifs is 1. The smallest absolute Gasteiger partial charge is 0.265 e. The number of aromatic nitrogens is 3. The van der Waals surface area contributed by atoms with E-state index in [1.807, 2.05) is 5.38 Å². The number of halogens is 2. The first-order chi connectivity index (χ1) is 14.0. The van der Waals surface area contributed by atoms with Gasteiger partial charge in [-0.3, -0.25) is 10.1 Å². The zero-order valence-corrected chi connectivity index (χ0v) is 17.6. The summed E-state index contributed by atoms with van der Waals surface area (Å²) in [6.45, 7) is 0. The number of methoxy groups -OCH3 is 2. The van der Waals surface area contributed by atoms with Crippen molar-refractivity contribution in [3.05, 3.63) is 57.4 Å². The third kappa shape index (κ3) is 3.62. The van der Waals surface area contributed by atoms with Crippen molar-refractivity contribution >= 4 is 51.4 Å². The molecule has 0 bridgehead atoms. The van der Waals surface area contributed by atoms with Crippen molar-refractivity contribution in [3.63, 3.8) is 0 Å². The monoisotopic (exact) mass is 448 g/mol. The molecule has 0 aliphatic rings. The SMILES string of the molecule is COc1cccc(OC)c1C(=O)Nc1nc2scc(-c3cc(Cl)ccc3Cl)n2n1. The van der Waals surface area contributed by atoms with Crippen molar-refractivity contribution in [2.75, 3.05) is 19.5 Å². The minimum atomic E-state index is -0.445. The summed E-state index contributed by atoms with van der Waals surface area (Å²) in [6.07, 6.45) is 0. The Morgan fingerprint density at radius 2 is 1.86 bits per heavy atom. The molecule has 0 spiro atoms. The van der Waals surface area contributed by atoms with Crippen LogP contribution in [-0.4, -0.2) is 34.7 Å². The normalized spacial score (nSPS) is 10.9. The van der Waals surface area contributed by atoms with Gasteiger partial charge >= 0.3 is 0 Å². The molecule has 0 saturated heterocycles. The molecule has 0 aliphatic carbocycles. The fourth-order valence-corrected chi connectivity index (χ4v) is 4.06. The molecule has 0 atom stereocenters. The molecule has 0 saturated carbocycles. The number of hydrogen-bond donors (Lipinski definition) is 1. The number of rotatable bonds is 5. The molecule has 148 valence electrons. The highest BCUT2D eigenvalue weighted by atomic mass is 35.5. The molecular formula is C19H14Cl2N4O3S. The lowest BCUT2D eigenvalue weighted by atomic mass is 10.1. The number of nitrogens with one attached hydrogen (secondary N) is 1. The molecule has 10 heteroatoms. The second-order valence-electron chi connectivity index (χ2n) is 5.87. The molecule has 0 unspecified atom stereocenters. The Hall–Kier alpha value is -2.81. The number of ether oxygens (including phenoxy) is 2. The summed E-state index contributed by atoms with van der Waals surface area (Å²) in [7, 11) is 2.97. The minimum Gasteiger partial charge on any atom is -0.496 e. The molecule has 1 N–H and O–H groups in total. The van der Waals surface area contributed by atoms with Gasteiger partial charge in [-0.25, -0.2) is 4.52 Å². The second kappa shape index (κ2) is 7.90. The van der Waals surface area contributed by atoms with E-state index in [4.69, 9.17) is 32.7 Å². The number of carbonyl (C=O) groups is 1. The molecule has 29 heavy (non-hydrogen) atoms. The van der Waals surface area contributed by atoms with Crippen molar-refractivity contribution in [2.45, 2.75) is 0 Å². The maximum atomic E-state index is 12.8. The highest BCUT2D eigenvalue weighted by molar-refractivity contribution is 7.15. The summed E-state index contributed by atoms with van der Waals surface area (Å²) in [5.41, 5.74) is 1.70. The van der Waals surface area contributed by atoms with Crippen molar-refractivity contribution in [1.82, 2.24) is 14.6 Å². The van der Waals surface area contributed by atoms with Gasteiger partial charge in [-0.05, 0) is 30.3 Å². The maximum absolute atomic E-state index is 12.8. The van der Waals surface area contributed by atoms with E-state index in [2.05, 4.69) is 15.4 Å². The van der Waals surface area contributed by atoms with Crippen LogP contribution in [0.1, 0.15) is 10.4 Å². The van der Waals surface area contributed by atoms with Crippen LogP contribution in [0.4, 0.5) is 5.95 Å². The van der Waals surface area contributed by atoms with Gasteiger partial charge in [0, 0.05) is 16.0 Å². The van der Waals surface area contributed by atoms with Gasteiger partial charge in [-0.1, -0.05) is 29.3 Å². The van der Waals surface area contributed by atoms with E-state index in [1.54, 1.807) is 40.9 Å². The van der Waals surface area contributed by atoms with E-state index >= 15 is 0 Å². The van der Waals surface area contributed by atoms with E-state index < -0.39 is 5.91 Å². The number of benzene rings is 2. The van der Waals surface area contributed by atoms with Crippen molar-refractivity contribution in [1.29, 1.82) is 0 Å². The van der Waals surface area contributed by atoms with E-state index in [-0.39, 0.29) is 11.5 Å². The number of thiazole rings is 1. The van der Waals surface area contributed by atoms with Crippen LogP contribution in [0.5, 0.6) is 11.5 Å². The number of hydrogen-bond acceptors (Lipinski definition) is 6. The first-order valence-electron chi connectivity index (χ1n) is 8.34. The summed E-state index contributed by atoms with van der Waals surface area (Å²) >= 11 is 13.8. The Balaban J connectivity index is 1.70. The predicted octanol–water partition coefficient (Wildman–Crippen LogP) is 5.03. The van der Waals surface area contributed by atoms with Gasteiger partial charge in [0.25, 0.3) is 11.9 Å². The van der Waals surface area contributed by atoms with Gasteiger partial charge in [0.05, 0.1) is 24.9 Å². The Kier molecular flexibility index (Phi) is 5.31. The van der Waals surface area contributed by atoms with Crippen LogP contribution in [0, 0.1) is 0 Å². The Morgan fingerprint density at radius 3 is 2.55 bits per heavy atom. The highest BCUT2D eigenvalue weighted by Crippen LogP contribution is 2.34. The molecular weight excluding hydrogens is 435 g/mol. The lowest BCUT2D eigenvalue weighted by molar-refractivity contribution is 0.102. The minimum absolute atomic E-state index is 0.147. The average Bonchev–Trinajstić information content (AvgIpc) is 3.29. The van der Waals surface area contributed by atoms with Gasteiger partial charge in [0.2, 0.25) is 4.96 Å². The van der Waals surface area contributed by atoms with Gasteiger partial charge < -0.3 is 9.47 Å². The Morgan fingerprint density at radius 1 is 1.14 bits per heavy atom. The van der Waals surface area contributed by atoms with Crippen LogP contribution >= 0.6 is 34.5 Å². The zero-order valence-electron chi connectivity index (χ0n) is 15.3. The first kappa shape index (κ1) is 19.5. The highest BCUT2D eigenvalue weighted by Gasteiger charge is 2.21. The molecule has 4 rings (SSSR count). The number of amides is 1. The molecule has 0 aliphatic heterocycles. The lowest BCUT2D eigenvalue weighted by Gasteiger charge is -2.11. The maximum Gasteiger partial charge on any atom is 0.265 e. The number of carbonyl (C=O) groups excluding carboxylic acids is 1. The van der Waals surface area contributed by atoms with E-state index in [1.165, 1.54) is 25.6 Å². The molecule has 7 nitrogen and oxygen atoms in total. The van der Waals surface area contributed by atoms with Crippen LogP contribution in [-0.2, 0) is 0 Å². The standard InChI is InChI=1S/C19H14Cl2N4O3S/c1-27-14-4-3-5-15(28-2)16(14)17(26)22-18-23-19-25(24-18)13(9-29-19)11-8-10(20)6-7-12(11)21/h3-9H,1-2H3,(H,22,24,26). The van der Waals surface area contributed by atoms with Crippen LogP contribution in [0.2, 0.25) is 10.0 Å². The summed E-state index contributed by atoms with van der Waals surface area (Å²) < 4.78 is 12.2. The van der Waals surface area contributed by atoms with Crippen molar-refractivity contribution < 1.29 is 14.3 Å². The topological polar surface area (TPSA) is 77.8 Å². The van der Waals surface area contributed by atoms with Crippen LogP contribution in [0.3, 0.4) is 0 Å². The fraction of sp³-hybridized carbons (Fsp3) is 0.105. The quantitative estimate of drug-likeness (QED) is 0.462. The lowest BCUT2D eigenvalue weighted by Crippen LogP contribution is -2.15. The van der Waals surface area contributed by atoms with Gasteiger partial charge in [0.1, 0.15) is 17.1 Å². The van der Waals surface area contributed by atoms with Gasteiger partial charge in [-0.15, -0.1) is 16.4 Å². The molecule has 2 aromatic heterocycles. The molecule has 0 fully saturated rings. The third-order valence-corrected chi connectivity index (χ3v) is 5.55. The molecule has 0 radical (unpaired) electrons. The second-order valence-corrected chi connectivity index (χ2v) is 7.55. The largest absolute Gasteiger partial charge is 0.496 e. The zero-order chi connectivity index (χ0) is 20.5. The van der Waals surface area contributed by atoms with E-state index in [0.29, 0.717) is 26.5 Å². The van der Waals surface area contributed by atoms with E-state index in [9.17, 15) is 4.79 Å². The molecule has 4 aromatic rings. The number of anilines is 1.